The van der Waals surface area contributed by atoms with E-state index in [0.717, 1.165) is 33.8 Å². The van der Waals surface area contributed by atoms with Crippen LogP contribution in [-0.2, 0) is 0 Å². The van der Waals surface area contributed by atoms with Crippen LogP contribution in [-0.4, -0.2) is 43.3 Å². The summed E-state index contributed by atoms with van der Waals surface area (Å²) in [7, 11) is 4.02. The molecule has 0 saturated carbocycles. The molecule has 4 nitrogen and oxygen atoms in total. The largest absolute Gasteiger partial charge is 0.361 e. The van der Waals surface area contributed by atoms with Crippen LogP contribution in [0.4, 0.5) is 10.1 Å². The van der Waals surface area contributed by atoms with E-state index in [1.54, 1.807) is 6.07 Å². The van der Waals surface area contributed by atoms with Crippen LogP contribution in [0, 0.1) is 9.39 Å². The van der Waals surface area contributed by atoms with Gasteiger partial charge in [0.05, 0.1) is 12.0 Å². The Morgan fingerprint density at radius 2 is 2.05 bits per heavy atom. The highest BCUT2D eigenvalue weighted by Crippen LogP contribution is 2.31. The maximum atomic E-state index is 14.2. The van der Waals surface area contributed by atoms with Crippen LogP contribution < -0.4 is 5.32 Å². The van der Waals surface area contributed by atoms with Crippen LogP contribution in [0.1, 0.15) is 6.92 Å². The number of likely N-dealkylation sites (N-methyl/N-ethyl adjacent to an activating group) is 2. The normalized spacial score (nSPS) is 18.0. The van der Waals surface area contributed by atoms with E-state index < -0.39 is 0 Å². The number of hydrogen-bond acceptors (Lipinski definition) is 4. The molecule has 0 radical (unpaired) electrons. The van der Waals surface area contributed by atoms with Gasteiger partial charge in [-0.3, -0.25) is 0 Å². The molecular formula is C16H18FIN4. The van der Waals surface area contributed by atoms with Gasteiger partial charge in [0.25, 0.3) is 0 Å². The summed E-state index contributed by atoms with van der Waals surface area (Å²) in [4.78, 5) is 8.67. The first-order valence-electron chi connectivity index (χ1n) is 7.06. The topological polar surface area (TPSA) is 30.9 Å². The average molecular weight is 412 g/mol. The van der Waals surface area contributed by atoms with Crippen molar-refractivity contribution in [3.63, 3.8) is 0 Å². The molecule has 116 valence electrons. The molecule has 3 rings (SSSR count). The minimum Gasteiger partial charge on any atom is -0.361 e. The summed E-state index contributed by atoms with van der Waals surface area (Å²) in [6.07, 6.45) is 1.83. The van der Waals surface area contributed by atoms with Gasteiger partial charge in [0.1, 0.15) is 11.6 Å². The standard InChI is InChI=1S/C16H18FIN4/c1-10-7-22(3)16-12(8-21(2)9-19-16)15(10)20-14-5-4-11(18)6-13(14)17/h4-6,9,20H,7-8H2,1-3H3. The van der Waals surface area contributed by atoms with Gasteiger partial charge in [-0.05, 0) is 53.3 Å². The van der Waals surface area contributed by atoms with Gasteiger partial charge in [-0.2, -0.15) is 0 Å². The van der Waals surface area contributed by atoms with E-state index in [0.29, 0.717) is 5.69 Å². The first kappa shape index (κ1) is 15.3. The Balaban J connectivity index is 1.99. The molecule has 0 aliphatic carbocycles. The Kier molecular flexibility index (Phi) is 4.12. The lowest BCUT2D eigenvalue weighted by atomic mass is 10.0. The minimum atomic E-state index is -0.235. The summed E-state index contributed by atoms with van der Waals surface area (Å²) in [5.74, 6) is 0.720. The summed E-state index contributed by atoms with van der Waals surface area (Å²) < 4.78 is 15.0. The highest BCUT2D eigenvalue weighted by Gasteiger charge is 2.26. The van der Waals surface area contributed by atoms with E-state index in [9.17, 15) is 4.39 Å². The smallest absolute Gasteiger partial charge is 0.147 e. The molecule has 2 aliphatic heterocycles. The Morgan fingerprint density at radius 1 is 1.27 bits per heavy atom. The van der Waals surface area contributed by atoms with Gasteiger partial charge in [-0.15, -0.1) is 0 Å². The van der Waals surface area contributed by atoms with Crippen molar-refractivity contribution in [1.82, 2.24) is 9.80 Å². The van der Waals surface area contributed by atoms with Gasteiger partial charge in [0.15, 0.2) is 0 Å². The zero-order valence-corrected chi connectivity index (χ0v) is 15.0. The molecule has 0 spiro atoms. The molecule has 0 saturated heterocycles. The lowest BCUT2D eigenvalue weighted by Gasteiger charge is -2.35. The molecular weight excluding hydrogens is 394 g/mol. The van der Waals surface area contributed by atoms with Crippen LogP contribution in [0.15, 0.2) is 45.9 Å². The average Bonchev–Trinajstić information content (AvgIpc) is 2.45. The highest BCUT2D eigenvalue weighted by atomic mass is 127. The summed E-state index contributed by atoms with van der Waals surface area (Å²) in [5.41, 5.74) is 3.78. The third kappa shape index (κ3) is 2.84. The zero-order chi connectivity index (χ0) is 15.9. The van der Waals surface area contributed by atoms with Crippen LogP contribution in [0.25, 0.3) is 0 Å². The maximum absolute atomic E-state index is 14.2. The molecule has 22 heavy (non-hydrogen) atoms. The fourth-order valence-corrected chi connectivity index (χ4v) is 3.24. The Hall–Kier alpha value is -1.57. The summed E-state index contributed by atoms with van der Waals surface area (Å²) in [5, 5.41) is 3.28. The summed E-state index contributed by atoms with van der Waals surface area (Å²) >= 11 is 2.11. The van der Waals surface area contributed by atoms with Crippen LogP contribution >= 0.6 is 22.6 Å². The number of aliphatic imine (C=N–C) groups is 1. The first-order valence-corrected chi connectivity index (χ1v) is 8.14. The van der Waals surface area contributed by atoms with Crippen molar-refractivity contribution < 1.29 is 4.39 Å². The minimum absolute atomic E-state index is 0.235. The van der Waals surface area contributed by atoms with Crippen molar-refractivity contribution in [2.45, 2.75) is 6.92 Å². The van der Waals surface area contributed by atoms with E-state index in [1.807, 2.05) is 31.4 Å². The van der Waals surface area contributed by atoms with E-state index in [1.165, 1.54) is 11.6 Å². The Morgan fingerprint density at radius 3 is 2.77 bits per heavy atom. The quantitative estimate of drug-likeness (QED) is 0.757. The second-order valence-corrected chi connectivity index (χ2v) is 6.97. The lowest BCUT2D eigenvalue weighted by molar-refractivity contribution is 0.412. The second kappa shape index (κ2) is 5.91. The highest BCUT2D eigenvalue weighted by molar-refractivity contribution is 14.1. The van der Waals surface area contributed by atoms with Crippen LogP contribution in [0.5, 0.6) is 0 Å². The molecule has 0 atom stereocenters. The number of halogens is 2. The zero-order valence-electron chi connectivity index (χ0n) is 12.8. The number of nitrogens with zero attached hydrogens (tertiary/aromatic N) is 3. The molecule has 0 amide bonds. The molecule has 0 aromatic heterocycles. The number of hydrogen-bond donors (Lipinski definition) is 1. The van der Waals surface area contributed by atoms with Crippen molar-refractivity contribution in [2.24, 2.45) is 4.99 Å². The van der Waals surface area contributed by atoms with Crippen LogP contribution in [0.2, 0.25) is 0 Å². The van der Waals surface area contributed by atoms with Crippen molar-refractivity contribution in [3.05, 3.63) is 50.3 Å². The van der Waals surface area contributed by atoms with E-state index in [2.05, 4.69) is 44.7 Å². The first-order chi connectivity index (χ1) is 10.5. The predicted molar refractivity (Wildman–Crippen MR) is 96.2 cm³/mol. The summed E-state index contributed by atoms with van der Waals surface area (Å²) in [6, 6.07) is 5.22. The van der Waals surface area contributed by atoms with Crippen LogP contribution in [0.3, 0.4) is 0 Å². The molecule has 0 bridgehead atoms. The number of rotatable bonds is 2. The van der Waals surface area contributed by atoms with Crippen molar-refractivity contribution in [1.29, 1.82) is 0 Å². The van der Waals surface area contributed by atoms with E-state index in [-0.39, 0.29) is 5.82 Å². The van der Waals surface area contributed by atoms with Gasteiger partial charge in [0.2, 0.25) is 0 Å². The summed E-state index contributed by atoms with van der Waals surface area (Å²) in [6.45, 7) is 3.62. The molecule has 0 unspecified atom stereocenters. The Bertz CT molecular complexity index is 708. The van der Waals surface area contributed by atoms with Gasteiger partial charge >= 0.3 is 0 Å². The van der Waals surface area contributed by atoms with Gasteiger partial charge in [-0.25, -0.2) is 9.38 Å². The fraction of sp³-hybridized carbons (Fsp3) is 0.312. The molecule has 1 aromatic rings. The number of nitrogens with one attached hydrogen (secondary N) is 1. The number of benzene rings is 1. The lowest BCUT2D eigenvalue weighted by Crippen LogP contribution is -2.35. The molecule has 1 aromatic carbocycles. The van der Waals surface area contributed by atoms with Crippen molar-refractivity contribution in [2.75, 3.05) is 32.5 Å². The van der Waals surface area contributed by atoms with Gasteiger partial charge in [-0.1, -0.05) is 0 Å². The molecule has 1 N–H and O–H groups in total. The monoisotopic (exact) mass is 412 g/mol. The fourth-order valence-electron chi connectivity index (χ4n) is 2.79. The van der Waals surface area contributed by atoms with E-state index in [4.69, 9.17) is 0 Å². The SMILES string of the molecule is CC1=C(Nc2ccc(I)cc2F)C2=C(N=CN(C)C2)N(C)C1. The van der Waals surface area contributed by atoms with Gasteiger partial charge in [0, 0.05) is 42.0 Å². The second-order valence-electron chi connectivity index (χ2n) is 5.72. The Labute approximate surface area is 143 Å². The molecule has 0 fully saturated rings. The van der Waals surface area contributed by atoms with Gasteiger partial charge < -0.3 is 15.1 Å². The molecule has 6 heteroatoms. The third-order valence-electron chi connectivity index (χ3n) is 3.81. The maximum Gasteiger partial charge on any atom is 0.147 e. The molecule has 2 aliphatic rings. The van der Waals surface area contributed by atoms with E-state index >= 15 is 0 Å². The number of anilines is 1. The van der Waals surface area contributed by atoms with Crippen molar-refractivity contribution in [3.8, 4) is 0 Å². The third-order valence-corrected chi connectivity index (χ3v) is 4.48. The molecule has 2 heterocycles. The van der Waals surface area contributed by atoms with Crippen molar-refractivity contribution >= 4 is 34.6 Å². The predicted octanol–water partition coefficient (Wildman–Crippen LogP) is 3.25.